The van der Waals surface area contributed by atoms with Gasteiger partial charge >= 0.3 is 0 Å². The maximum atomic E-state index is 12.2. The molecule has 0 aromatic carbocycles. The second-order valence-electron chi connectivity index (χ2n) is 4.30. The fraction of sp³-hybridized carbons (Fsp3) is 0.333. The van der Waals surface area contributed by atoms with Crippen LogP contribution in [0.5, 0.6) is 0 Å². The average Bonchev–Trinajstić information content (AvgIpc) is 3.00. The molecule has 106 valence electrons. The van der Waals surface area contributed by atoms with Gasteiger partial charge in [0, 0.05) is 11.3 Å². The first-order valence-electron chi connectivity index (χ1n) is 6.27. The van der Waals surface area contributed by atoms with Crippen molar-refractivity contribution in [1.82, 2.24) is 25.5 Å². The normalized spacial score (nSPS) is 11.9. The Balaban J connectivity index is 2.16. The SMILES string of the molecule is CCc1cc(C(=O)NC(C)c2ncn[nH]2)cc(NN)n1. The van der Waals surface area contributed by atoms with E-state index in [0.717, 1.165) is 5.69 Å². The molecule has 0 radical (unpaired) electrons. The monoisotopic (exact) mass is 275 g/mol. The van der Waals surface area contributed by atoms with E-state index < -0.39 is 0 Å². The summed E-state index contributed by atoms with van der Waals surface area (Å²) in [4.78, 5) is 20.5. The van der Waals surface area contributed by atoms with Crippen LogP contribution in [0, 0.1) is 0 Å². The molecule has 0 fully saturated rings. The van der Waals surface area contributed by atoms with Gasteiger partial charge in [0.15, 0.2) is 0 Å². The van der Waals surface area contributed by atoms with Gasteiger partial charge in [0.2, 0.25) is 0 Å². The number of anilines is 1. The van der Waals surface area contributed by atoms with Crippen LogP contribution in [0.1, 0.15) is 41.8 Å². The lowest BCUT2D eigenvalue weighted by Crippen LogP contribution is -2.27. The van der Waals surface area contributed by atoms with Gasteiger partial charge < -0.3 is 10.7 Å². The van der Waals surface area contributed by atoms with E-state index in [-0.39, 0.29) is 11.9 Å². The number of aromatic nitrogens is 4. The molecule has 1 amide bonds. The van der Waals surface area contributed by atoms with E-state index in [0.29, 0.717) is 23.6 Å². The Morgan fingerprint density at radius 2 is 2.30 bits per heavy atom. The number of nitrogens with one attached hydrogen (secondary N) is 3. The molecule has 0 saturated carbocycles. The van der Waals surface area contributed by atoms with E-state index in [2.05, 4.69) is 30.9 Å². The van der Waals surface area contributed by atoms with Crippen LogP contribution in [0.3, 0.4) is 0 Å². The Kier molecular flexibility index (Phi) is 4.26. The van der Waals surface area contributed by atoms with Gasteiger partial charge in [-0.15, -0.1) is 0 Å². The number of rotatable bonds is 5. The number of nitrogens with two attached hydrogens (primary N) is 1. The molecule has 2 heterocycles. The van der Waals surface area contributed by atoms with Crippen LogP contribution in [-0.4, -0.2) is 26.1 Å². The Hall–Kier alpha value is -2.48. The lowest BCUT2D eigenvalue weighted by Gasteiger charge is -2.12. The molecule has 8 heteroatoms. The van der Waals surface area contributed by atoms with Crippen LogP contribution in [-0.2, 0) is 6.42 Å². The van der Waals surface area contributed by atoms with Crippen molar-refractivity contribution in [2.45, 2.75) is 26.3 Å². The standard InChI is InChI=1S/C12H17N7O/c1-3-9-4-8(5-10(17-9)18-13)12(20)16-7(2)11-14-6-15-19-11/h4-7H,3,13H2,1-2H3,(H,16,20)(H,17,18)(H,14,15,19). The summed E-state index contributed by atoms with van der Waals surface area (Å²) in [6.45, 7) is 3.78. The molecule has 0 aliphatic heterocycles. The Morgan fingerprint density at radius 3 is 2.90 bits per heavy atom. The first-order valence-corrected chi connectivity index (χ1v) is 6.27. The molecule has 0 aliphatic carbocycles. The molecule has 0 bridgehead atoms. The van der Waals surface area contributed by atoms with Crippen LogP contribution in [0.2, 0.25) is 0 Å². The third-order valence-electron chi connectivity index (χ3n) is 2.84. The topological polar surface area (TPSA) is 122 Å². The molecule has 2 aromatic heterocycles. The molecule has 1 atom stereocenters. The summed E-state index contributed by atoms with van der Waals surface area (Å²) in [5.41, 5.74) is 3.74. The zero-order valence-electron chi connectivity index (χ0n) is 11.3. The molecule has 5 N–H and O–H groups in total. The lowest BCUT2D eigenvalue weighted by molar-refractivity contribution is 0.0938. The third-order valence-corrected chi connectivity index (χ3v) is 2.84. The number of pyridine rings is 1. The number of aryl methyl sites for hydroxylation is 1. The summed E-state index contributed by atoms with van der Waals surface area (Å²) in [6, 6.07) is 3.07. The number of hydrogen-bond donors (Lipinski definition) is 4. The molecule has 0 aliphatic rings. The van der Waals surface area contributed by atoms with Gasteiger partial charge in [-0.2, -0.15) is 5.10 Å². The van der Waals surface area contributed by atoms with Crippen molar-refractivity contribution >= 4 is 11.7 Å². The first-order chi connectivity index (χ1) is 9.63. The highest BCUT2D eigenvalue weighted by molar-refractivity contribution is 5.95. The lowest BCUT2D eigenvalue weighted by atomic mass is 10.1. The summed E-state index contributed by atoms with van der Waals surface area (Å²) < 4.78 is 0. The van der Waals surface area contributed by atoms with E-state index in [1.807, 2.05) is 13.8 Å². The minimum atomic E-state index is -0.266. The number of nitrogens with zero attached hydrogens (tertiary/aromatic N) is 3. The zero-order valence-corrected chi connectivity index (χ0v) is 11.3. The number of hydrogen-bond acceptors (Lipinski definition) is 6. The van der Waals surface area contributed by atoms with Crippen molar-refractivity contribution in [3.8, 4) is 0 Å². The maximum absolute atomic E-state index is 12.2. The predicted octanol–water partition coefficient (Wildman–Crippen LogP) is 0.539. The highest BCUT2D eigenvalue weighted by Gasteiger charge is 2.15. The Bertz CT molecular complexity index is 559. The summed E-state index contributed by atoms with van der Waals surface area (Å²) >= 11 is 0. The number of aromatic amines is 1. The Labute approximate surface area is 116 Å². The number of carbonyl (C=O) groups is 1. The van der Waals surface area contributed by atoms with Crippen molar-refractivity contribution < 1.29 is 4.79 Å². The molecular formula is C12H17N7O. The minimum absolute atomic E-state index is 0.220. The van der Waals surface area contributed by atoms with Crippen molar-refractivity contribution in [2.24, 2.45) is 5.84 Å². The molecular weight excluding hydrogens is 258 g/mol. The fourth-order valence-corrected chi connectivity index (χ4v) is 1.75. The van der Waals surface area contributed by atoms with Crippen LogP contribution in [0.4, 0.5) is 5.82 Å². The number of nitrogen functional groups attached to an aromatic ring is 1. The molecule has 8 nitrogen and oxygen atoms in total. The number of H-pyrrole nitrogens is 1. The van der Waals surface area contributed by atoms with Gasteiger partial charge in [-0.25, -0.2) is 15.8 Å². The van der Waals surface area contributed by atoms with Crippen molar-refractivity contribution in [2.75, 3.05) is 5.43 Å². The molecule has 2 rings (SSSR count). The van der Waals surface area contributed by atoms with E-state index >= 15 is 0 Å². The van der Waals surface area contributed by atoms with Crippen molar-refractivity contribution in [3.05, 3.63) is 35.5 Å². The second kappa shape index (κ2) is 6.11. The molecule has 1 unspecified atom stereocenters. The van der Waals surface area contributed by atoms with E-state index in [4.69, 9.17) is 5.84 Å². The highest BCUT2D eigenvalue weighted by Crippen LogP contribution is 2.12. The average molecular weight is 275 g/mol. The number of carbonyl (C=O) groups excluding carboxylic acids is 1. The zero-order chi connectivity index (χ0) is 14.5. The third kappa shape index (κ3) is 3.09. The Morgan fingerprint density at radius 1 is 1.50 bits per heavy atom. The highest BCUT2D eigenvalue weighted by atomic mass is 16.1. The second-order valence-corrected chi connectivity index (χ2v) is 4.30. The van der Waals surface area contributed by atoms with Gasteiger partial charge in [-0.1, -0.05) is 6.92 Å². The molecule has 0 spiro atoms. The molecule has 2 aromatic rings. The number of hydrazine groups is 1. The quantitative estimate of drug-likeness (QED) is 0.466. The van der Waals surface area contributed by atoms with Gasteiger partial charge in [-0.05, 0) is 25.5 Å². The van der Waals surface area contributed by atoms with Crippen LogP contribution in [0.25, 0.3) is 0 Å². The van der Waals surface area contributed by atoms with Gasteiger partial charge in [0.05, 0.1) is 6.04 Å². The summed E-state index contributed by atoms with van der Waals surface area (Å²) in [5, 5.41) is 9.30. The smallest absolute Gasteiger partial charge is 0.252 e. The maximum Gasteiger partial charge on any atom is 0.252 e. The van der Waals surface area contributed by atoms with E-state index in [1.54, 1.807) is 12.1 Å². The largest absolute Gasteiger partial charge is 0.342 e. The first kappa shape index (κ1) is 13.9. The van der Waals surface area contributed by atoms with E-state index in [9.17, 15) is 4.79 Å². The molecule has 20 heavy (non-hydrogen) atoms. The predicted molar refractivity (Wildman–Crippen MR) is 73.7 cm³/mol. The summed E-state index contributed by atoms with van der Waals surface area (Å²) in [6.07, 6.45) is 2.11. The summed E-state index contributed by atoms with van der Waals surface area (Å²) in [5.74, 6) is 6.19. The summed E-state index contributed by atoms with van der Waals surface area (Å²) in [7, 11) is 0. The minimum Gasteiger partial charge on any atom is -0.342 e. The van der Waals surface area contributed by atoms with Crippen molar-refractivity contribution in [1.29, 1.82) is 0 Å². The van der Waals surface area contributed by atoms with Crippen LogP contribution < -0.4 is 16.6 Å². The fourth-order valence-electron chi connectivity index (χ4n) is 1.75. The number of amides is 1. The van der Waals surface area contributed by atoms with Gasteiger partial charge in [-0.3, -0.25) is 9.89 Å². The van der Waals surface area contributed by atoms with Gasteiger partial charge in [0.25, 0.3) is 5.91 Å². The van der Waals surface area contributed by atoms with E-state index in [1.165, 1.54) is 6.33 Å². The van der Waals surface area contributed by atoms with Gasteiger partial charge in [0.1, 0.15) is 18.0 Å². The van der Waals surface area contributed by atoms with Crippen LogP contribution in [0.15, 0.2) is 18.5 Å². The van der Waals surface area contributed by atoms with Crippen LogP contribution >= 0.6 is 0 Å². The molecule has 0 saturated heterocycles. The van der Waals surface area contributed by atoms with Crippen molar-refractivity contribution in [3.63, 3.8) is 0 Å².